The fourth-order valence-electron chi connectivity index (χ4n) is 4.06. The number of H-pyrrole nitrogens is 1. The smallest absolute Gasteiger partial charge is 0.257 e. The number of hydrogen-bond acceptors (Lipinski definition) is 4. The normalized spacial score (nSPS) is 16.0. The van der Waals surface area contributed by atoms with Crippen molar-refractivity contribution in [2.24, 2.45) is 5.92 Å². The van der Waals surface area contributed by atoms with Gasteiger partial charge in [-0.2, -0.15) is 10.2 Å². The Morgan fingerprint density at radius 1 is 1.29 bits per heavy atom. The van der Waals surface area contributed by atoms with Gasteiger partial charge in [0.05, 0.1) is 22.9 Å². The quantitative estimate of drug-likeness (QED) is 0.658. The maximum atomic E-state index is 14.0. The Kier molecular flexibility index (Phi) is 5.58. The van der Waals surface area contributed by atoms with Gasteiger partial charge in [0.15, 0.2) is 5.82 Å². The standard InChI is InChI=1S/C22H25FN6O2/c1-4-29-14(3)20(13(2)27-29)22(31)28-10-9-15(12-28)21(30)24-19-11-18(25-26-19)16-7-5-6-8-17(16)23/h5-8,11,15H,4,9-10,12H2,1-3H3,(H2,24,25,26,30). The van der Waals surface area contributed by atoms with Gasteiger partial charge < -0.3 is 10.2 Å². The van der Waals surface area contributed by atoms with Crippen molar-refractivity contribution < 1.29 is 14.0 Å². The largest absolute Gasteiger partial charge is 0.338 e. The number of benzene rings is 1. The van der Waals surface area contributed by atoms with Crippen LogP contribution in [0.1, 0.15) is 35.1 Å². The molecule has 3 heterocycles. The predicted molar refractivity (Wildman–Crippen MR) is 114 cm³/mol. The lowest BCUT2D eigenvalue weighted by atomic mass is 10.1. The molecule has 1 fully saturated rings. The minimum atomic E-state index is -0.369. The van der Waals surface area contributed by atoms with E-state index in [1.165, 1.54) is 6.07 Å². The molecule has 4 rings (SSSR count). The maximum absolute atomic E-state index is 14.0. The summed E-state index contributed by atoms with van der Waals surface area (Å²) in [7, 11) is 0. The number of aromatic amines is 1. The van der Waals surface area contributed by atoms with E-state index in [1.54, 1.807) is 29.2 Å². The van der Waals surface area contributed by atoms with Crippen LogP contribution in [-0.2, 0) is 11.3 Å². The zero-order chi connectivity index (χ0) is 22.1. The number of likely N-dealkylation sites (tertiary alicyclic amines) is 1. The molecule has 162 valence electrons. The molecule has 31 heavy (non-hydrogen) atoms. The number of aryl methyl sites for hydroxylation is 2. The SMILES string of the molecule is CCn1nc(C)c(C(=O)N2CCC(C(=O)Nc3cc(-c4ccccc4F)[nH]n3)C2)c1C. The number of carbonyl (C=O) groups is 2. The van der Waals surface area contributed by atoms with Gasteiger partial charge >= 0.3 is 0 Å². The second-order valence-electron chi connectivity index (χ2n) is 7.73. The highest BCUT2D eigenvalue weighted by molar-refractivity contribution is 5.98. The Hall–Kier alpha value is -3.49. The van der Waals surface area contributed by atoms with Gasteiger partial charge in [-0.25, -0.2) is 4.39 Å². The van der Waals surface area contributed by atoms with Crippen molar-refractivity contribution in [3.8, 4) is 11.3 Å². The summed E-state index contributed by atoms with van der Waals surface area (Å²) in [6.45, 7) is 7.25. The molecule has 3 aromatic rings. The average Bonchev–Trinajstić information content (AvgIpc) is 3.47. The van der Waals surface area contributed by atoms with E-state index < -0.39 is 0 Å². The highest BCUT2D eigenvalue weighted by Gasteiger charge is 2.33. The van der Waals surface area contributed by atoms with Gasteiger partial charge in [-0.05, 0) is 39.3 Å². The molecular formula is C22H25FN6O2. The number of hydrogen-bond donors (Lipinski definition) is 2. The second-order valence-corrected chi connectivity index (χ2v) is 7.73. The van der Waals surface area contributed by atoms with Crippen molar-refractivity contribution >= 4 is 17.6 Å². The third kappa shape index (κ3) is 3.95. The Labute approximate surface area is 179 Å². The van der Waals surface area contributed by atoms with Crippen LogP contribution >= 0.6 is 0 Å². The summed E-state index contributed by atoms with van der Waals surface area (Å²) in [6, 6.07) is 7.95. The van der Waals surface area contributed by atoms with Crippen LogP contribution in [0.4, 0.5) is 10.2 Å². The molecule has 1 unspecified atom stereocenters. The first-order valence-corrected chi connectivity index (χ1v) is 10.3. The molecule has 0 bridgehead atoms. The Balaban J connectivity index is 1.41. The molecular weight excluding hydrogens is 399 g/mol. The first kappa shape index (κ1) is 20.8. The number of nitrogens with one attached hydrogen (secondary N) is 2. The summed E-state index contributed by atoms with van der Waals surface area (Å²) in [5, 5.41) is 14.0. The Bertz CT molecular complexity index is 1130. The number of rotatable bonds is 5. The van der Waals surface area contributed by atoms with Crippen LogP contribution in [0.3, 0.4) is 0 Å². The van der Waals surface area contributed by atoms with Gasteiger partial charge in [0.2, 0.25) is 5.91 Å². The van der Waals surface area contributed by atoms with Gasteiger partial charge in [-0.3, -0.25) is 19.4 Å². The van der Waals surface area contributed by atoms with Gasteiger partial charge in [0.1, 0.15) is 5.82 Å². The van der Waals surface area contributed by atoms with E-state index in [0.717, 1.165) is 5.69 Å². The second kappa shape index (κ2) is 8.33. The van der Waals surface area contributed by atoms with Crippen molar-refractivity contribution in [1.29, 1.82) is 0 Å². The van der Waals surface area contributed by atoms with Gasteiger partial charge in [-0.15, -0.1) is 0 Å². The van der Waals surface area contributed by atoms with E-state index >= 15 is 0 Å². The molecule has 1 aromatic carbocycles. The van der Waals surface area contributed by atoms with E-state index in [2.05, 4.69) is 20.6 Å². The van der Waals surface area contributed by atoms with Gasteiger partial charge in [0.25, 0.3) is 5.91 Å². The van der Waals surface area contributed by atoms with Crippen LogP contribution in [0.5, 0.6) is 0 Å². The molecule has 2 aromatic heterocycles. The van der Waals surface area contributed by atoms with E-state index in [1.807, 2.05) is 25.5 Å². The number of carbonyl (C=O) groups excluding carboxylic acids is 2. The fourth-order valence-corrected chi connectivity index (χ4v) is 4.06. The summed E-state index contributed by atoms with van der Waals surface area (Å²) >= 11 is 0. The average molecular weight is 424 g/mol. The lowest BCUT2D eigenvalue weighted by molar-refractivity contribution is -0.119. The van der Waals surface area contributed by atoms with Gasteiger partial charge in [-0.1, -0.05) is 12.1 Å². The molecule has 0 spiro atoms. The predicted octanol–water partition coefficient (Wildman–Crippen LogP) is 3.15. The van der Waals surface area contributed by atoms with Crippen molar-refractivity contribution in [1.82, 2.24) is 24.9 Å². The summed E-state index contributed by atoms with van der Waals surface area (Å²) < 4.78 is 15.8. The van der Waals surface area contributed by atoms with Crippen molar-refractivity contribution in [2.45, 2.75) is 33.7 Å². The molecule has 0 radical (unpaired) electrons. The van der Waals surface area contributed by atoms with E-state index in [-0.39, 0.29) is 23.5 Å². The zero-order valence-electron chi connectivity index (χ0n) is 17.8. The minimum Gasteiger partial charge on any atom is -0.338 e. The van der Waals surface area contributed by atoms with Crippen LogP contribution in [0.25, 0.3) is 11.3 Å². The first-order valence-electron chi connectivity index (χ1n) is 10.3. The van der Waals surface area contributed by atoms with Crippen molar-refractivity contribution in [3.63, 3.8) is 0 Å². The summed E-state index contributed by atoms with van der Waals surface area (Å²) in [6.07, 6.45) is 0.572. The molecule has 9 heteroatoms. The molecule has 2 amide bonds. The highest BCUT2D eigenvalue weighted by Crippen LogP contribution is 2.25. The molecule has 8 nitrogen and oxygen atoms in total. The van der Waals surface area contributed by atoms with Crippen LogP contribution in [0.15, 0.2) is 30.3 Å². The summed E-state index contributed by atoms with van der Waals surface area (Å²) in [4.78, 5) is 27.5. The third-order valence-electron chi connectivity index (χ3n) is 5.73. The molecule has 2 N–H and O–H groups in total. The molecule has 1 aliphatic heterocycles. The van der Waals surface area contributed by atoms with Crippen molar-refractivity contribution in [2.75, 3.05) is 18.4 Å². The monoisotopic (exact) mass is 424 g/mol. The fraction of sp³-hybridized carbons (Fsp3) is 0.364. The van der Waals surface area contributed by atoms with E-state index in [9.17, 15) is 14.0 Å². The van der Waals surface area contributed by atoms with E-state index in [4.69, 9.17) is 0 Å². The minimum absolute atomic E-state index is 0.0911. The summed E-state index contributed by atoms with van der Waals surface area (Å²) in [5.74, 6) is -0.680. The van der Waals surface area contributed by atoms with Crippen molar-refractivity contribution in [3.05, 3.63) is 53.1 Å². The third-order valence-corrected chi connectivity index (χ3v) is 5.73. The Morgan fingerprint density at radius 2 is 2.06 bits per heavy atom. The van der Waals surface area contributed by atoms with Crippen LogP contribution in [-0.4, -0.2) is 49.8 Å². The number of anilines is 1. The molecule has 1 saturated heterocycles. The topological polar surface area (TPSA) is 95.9 Å². The van der Waals surface area contributed by atoms with Crippen LogP contribution in [0.2, 0.25) is 0 Å². The first-order chi connectivity index (χ1) is 14.9. The molecule has 1 atom stereocenters. The molecule has 0 saturated carbocycles. The van der Waals surface area contributed by atoms with Gasteiger partial charge in [0, 0.05) is 37.0 Å². The number of amides is 2. The summed E-state index contributed by atoms with van der Waals surface area (Å²) in [5.41, 5.74) is 3.02. The lowest BCUT2D eigenvalue weighted by Gasteiger charge is -2.16. The number of aromatic nitrogens is 4. The van der Waals surface area contributed by atoms with Crippen LogP contribution in [0, 0.1) is 25.6 Å². The molecule has 0 aliphatic carbocycles. The number of nitrogens with zero attached hydrogens (tertiary/aromatic N) is 4. The highest BCUT2D eigenvalue weighted by atomic mass is 19.1. The Morgan fingerprint density at radius 3 is 2.77 bits per heavy atom. The zero-order valence-corrected chi connectivity index (χ0v) is 17.8. The molecule has 1 aliphatic rings. The van der Waals surface area contributed by atoms with Crippen LogP contribution < -0.4 is 5.32 Å². The lowest BCUT2D eigenvalue weighted by Crippen LogP contribution is -2.32. The maximum Gasteiger partial charge on any atom is 0.257 e. The number of halogens is 1. The van der Waals surface area contributed by atoms with E-state index in [0.29, 0.717) is 54.4 Å².